The summed E-state index contributed by atoms with van der Waals surface area (Å²) in [6.45, 7) is 5.86. The summed E-state index contributed by atoms with van der Waals surface area (Å²) in [5, 5.41) is 8.61. The van der Waals surface area contributed by atoms with Crippen LogP contribution in [0.3, 0.4) is 0 Å². The van der Waals surface area contributed by atoms with Crippen molar-refractivity contribution in [1.29, 1.82) is 0 Å². The van der Waals surface area contributed by atoms with Crippen LogP contribution in [-0.2, 0) is 0 Å². The molecule has 0 saturated carbocycles. The van der Waals surface area contributed by atoms with Gasteiger partial charge in [-0.05, 0) is 37.5 Å². The zero-order chi connectivity index (χ0) is 16.0. The van der Waals surface area contributed by atoms with Crippen molar-refractivity contribution in [2.45, 2.75) is 33.2 Å². The van der Waals surface area contributed by atoms with E-state index in [0.717, 1.165) is 6.42 Å². The molecule has 1 aromatic rings. The summed E-state index contributed by atoms with van der Waals surface area (Å²) >= 11 is 0. The molecule has 0 aliphatic carbocycles. The Kier molecular flexibility index (Phi) is 6.39. The predicted molar refractivity (Wildman–Crippen MR) is 81.4 cm³/mol. The third-order valence-electron chi connectivity index (χ3n) is 3.31. The summed E-state index contributed by atoms with van der Waals surface area (Å²) in [5.74, 6) is 4.63. The SMILES string of the molecule is CC(C)CC(C)N(C)C(=O)c1ccc(C#CCO)c(F)c1. The Balaban J connectivity index is 2.90. The molecule has 1 N–H and O–H groups in total. The topological polar surface area (TPSA) is 40.5 Å². The van der Waals surface area contributed by atoms with Gasteiger partial charge in [-0.15, -0.1) is 0 Å². The molecule has 114 valence electrons. The minimum atomic E-state index is -0.549. The van der Waals surface area contributed by atoms with E-state index >= 15 is 0 Å². The van der Waals surface area contributed by atoms with Gasteiger partial charge in [-0.2, -0.15) is 0 Å². The van der Waals surface area contributed by atoms with Crippen LogP contribution in [0.25, 0.3) is 0 Å². The van der Waals surface area contributed by atoms with E-state index in [4.69, 9.17) is 5.11 Å². The molecule has 1 aromatic carbocycles. The minimum absolute atomic E-state index is 0.0921. The second-order valence-corrected chi connectivity index (χ2v) is 5.55. The zero-order valence-corrected chi connectivity index (χ0v) is 13.0. The van der Waals surface area contributed by atoms with Crippen LogP contribution in [0.2, 0.25) is 0 Å². The van der Waals surface area contributed by atoms with Crippen LogP contribution < -0.4 is 0 Å². The molecule has 1 amide bonds. The first-order valence-corrected chi connectivity index (χ1v) is 7.03. The van der Waals surface area contributed by atoms with Gasteiger partial charge in [0.1, 0.15) is 12.4 Å². The van der Waals surface area contributed by atoms with Crippen molar-refractivity contribution in [3.63, 3.8) is 0 Å². The normalized spacial score (nSPS) is 11.8. The number of aliphatic hydroxyl groups is 1. The molecule has 0 aromatic heterocycles. The van der Waals surface area contributed by atoms with E-state index < -0.39 is 5.82 Å². The van der Waals surface area contributed by atoms with Crippen LogP contribution in [0, 0.1) is 23.6 Å². The van der Waals surface area contributed by atoms with E-state index in [-0.39, 0.29) is 24.1 Å². The van der Waals surface area contributed by atoms with E-state index in [2.05, 4.69) is 25.7 Å². The molecule has 0 fully saturated rings. The highest BCUT2D eigenvalue weighted by Gasteiger charge is 2.19. The number of hydrogen-bond donors (Lipinski definition) is 1. The number of aliphatic hydroxyl groups excluding tert-OH is 1. The van der Waals surface area contributed by atoms with Crippen molar-refractivity contribution in [2.75, 3.05) is 13.7 Å². The van der Waals surface area contributed by atoms with Gasteiger partial charge in [0.05, 0.1) is 5.56 Å². The minimum Gasteiger partial charge on any atom is -0.384 e. The molecule has 0 radical (unpaired) electrons. The van der Waals surface area contributed by atoms with Crippen LogP contribution in [-0.4, -0.2) is 35.6 Å². The fourth-order valence-corrected chi connectivity index (χ4v) is 2.13. The first kappa shape index (κ1) is 17.2. The Morgan fingerprint density at radius 3 is 2.57 bits per heavy atom. The van der Waals surface area contributed by atoms with E-state index in [0.29, 0.717) is 11.5 Å². The van der Waals surface area contributed by atoms with E-state index in [9.17, 15) is 9.18 Å². The molecular formula is C17H22FNO2. The number of carbonyl (C=O) groups excluding carboxylic acids is 1. The maximum Gasteiger partial charge on any atom is 0.253 e. The Labute approximate surface area is 125 Å². The van der Waals surface area contributed by atoms with E-state index in [1.807, 2.05) is 6.92 Å². The van der Waals surface area contributed by atoms with Gasteiger partial charge in [-0.1, -0.05) is 25.7 Å². The second-order valence-electron chi connectivity index (χ2n) is 5.55. The molecular weight excluding hydrogens is 269 g/mol. The smallest absolute Gasteiger partial charge is 0.253 e. The molecule has 0 aliphatic heterocycles. The fraction of sp³-hybridized carbons (Fsp3) is 0.471. The number of amides is 1. The van der Waals surface area contributed by atoms with Gasteiger partial charge in [0.2, 0.25) is 0 Å². The Morgan fingerprint density at radius 1 is 1.38 bits per heavy atom. The number of rotatable bonds is 4. The average Bonchev–Trinajstić information content (AvgIpc) is 2.43. The molecule has 0 spiro atoms. The first-order valence-electron chi connectivity index (χ1n) is 7.03. The number of benzene rings is 1. The van der Waals surface area contributed by atoms with Crippen LogP contribution in [0.15, 0.2) is 18.2 Å². The molecule has 0 bridgehead atoms. The highest BCUT2D eigenvalue weighted by atomic mass is 19.1. The van der Waals surface area contributed by atoms with Crippen molar-refractivity contribution in [1.82, 2.24) is 4.90 Å². The highest BCUT2D eigenvalue weighted by molar-refractivity contribution is 5.94. The standard InChI is InChI=1S/C17H22FNO2/c1-12(2)10-13(3)19(4)17(21)15-8-7-14(6-5-9-20)16(18)11-15/h7-8,11-13,20H,9-10H2,1-4H3. The summed E-state index contributed by atoms with van der Waals surface area (Å²) in [6.07, 6.45) is 0.894. The second kappa shape index (κ2) is 7.80. The third kappa shape index (κ3) is 4.87. The number of carbonyl (C=O) groups is 1. The molecule has 1 unspecified atom stereocenters. The molecule has 3 nitrogen and oxygen atoms in total. The van der Waals surface area contributed by atoms with Crippen molar-refractivity contribution in [3.8, 4) is 11.8 Å². The van der Waals surface area contributed by atoms with Crippen molar-refractivity contribution in [2.24, 2.45) is 5.92 Å². The molecule has 0 saturated heterocycles. The summed E-state index contributed by atoms with van der Waals surface area (Å²) in [5.41, 5.74) is 0.485. The average molecular weight is 291 g/mol. The maximum absolute atomic E-state index is 13.9. The summed E-state index contributed by atoms with van der Waals surface area (Å²) in [6, 6.07) is 4.31. The largest absolute Gasteiger partial charge is 0.384 e. The Bertz CT molecular complexity index is 558. The first-order chi connectivity index (χ1) is 9.86. The lowest BCUT2D eigenvalue weighted by Crippen LogP contribution is -2.35. The maximum atomic E-state index is 13.9. The van der Waals surface area contributed by atoms with Crippen molar-refractivity contribution < 1.29 is 14.3 Å². The van der Waals surface area contributed by atoms with Crippen LogP contribution in [0.5, 0.6) is 0 Å². The summed E-state index contributed by atoms with van der Waals surface area (Å²) in [4.78, 5) is 14.0. The molecule has 4 heteroatoms. The summed E-state index contributed by atoms with van der Waals surface area (Å²) in [7, 11) is 1.73. The summed E-state index contributed by atoms with van der Waals surface area (Å²) < 4.78 is 13.9. The number of nitrogens with zero attached hydrogens (tertiary/aromatic N) is 1. The lowest BCUT2D eigenvalue weighted by Gasteiger charge is -2.26. The monoisotopic (exact) mass is 291 g/mol. The molecule has 0 aliphatic rings. The molecule has 21 heavy (non-hydrogen) atoms. The predicted octanol–water partition coefficient (Wildman–Crippen LogP) is 2.68. The third-order valence-corrected chi connectivity index (χ3v) is 3.31. The highest BCUT2D eigenvalue weighted by Crippen LogP contribution is 2.15. The zero-order valence-electron chi connectivity index (χ0n) is 13.0. The van der Waals surface area contributed by atoms with Gasteiger partial charge in [0, 0.05) is 18.7 Å². The van der Waals surface area contributed by atoms with Gasteiger partial charge in [-0.3, -0.25) is 4.79 Å². The van der Waals surface area contributed by atoms with Gasteiger partial charge < -0.3 is 10.0 Å². The van der Waals surface area contributed by atoms with E-state index in [1.54, 1.807) is 18.0 Å². The number of hydrogen-bond acceptors (Lipinski definition) is 2. The fourth-order valence-electron chi connectivity index (χ4n) is 2.13. The Morgan fingerprint density at radius 2 is 2.05 bits per heavy atom. The van der Waals surface area contributed by atoms with Gasteiger partial charge in [0.15, 0.2) is 0 Å². The lowest BCUT2D eigenvalue weighted by molar-refractivity contribution is 0.0727. The van der Waals surface area contributed by atoms with E-state index in [1.165, 1.54) is 12.1 Å². The Hall–Kier alpha value is -1.86. The van der Waals surface area contributed by atoms with Gasteiger partial charge in [-0.25, -0.2) is 4.39 Å². The lowest BCUT2D eigenvalue weighted by atomic mass is 10.0. The van der Waals surface area contributed by atoms with Gasteiger partial charge >= 0.3 is 0 Å². The molecule has 1 rings (SSSR count). The van der Waals surface area contributed by atoms with Crippen molar-refractivity contribution in [3.05, 3.63) is 35.1 Å². The van der Waals surface area contributed by atoms with Crippen LogP contribution in [0.4, 0.5) is 4.39 Å². The van der Waals surface area contributed by atoms with Crippen molar-refractivity contribution >= 4 is 5.91 Å². The molecule has 1 atom stereocenters. The number of halogens is 1. The van der Waals surface area contributed by atoms with Crippen LogP contribution in [0.1, 0.15) is 43.1 Å². The van der Waals surface area contributed by atoms with Crippen LogP contribution >= 0.6 is 0 Å². The molecule has 0 heterocycles. The van der Waals surface area contributed by atoms with Gasteiger partial charge in [0.25, 0.3) is 5.91 Å². The quantitative estimate of drug-likeness (QED) is 0.866.